The molecule has 1 atom stereocenters. The van der Waals surface area contributed by atoms with Crippen molar-refractivity contribution < 1.29 is 9.53 Å². The molecule has 1 aromatic rings. The van der Waals surface area contributed by atoms with Gasteiger partial charge in [0.1, 0.15) is 6.29 Å². The Morgan fingerprint density at radius 2 is 1.94 bits per heavy atom. The minimum atomic E-state index is 0.0359. The summed E-state index contributed by atoms with van der Waals surface area (Å²) in [5.41, 5.74) is 2.33. The van der Waals surface area contributed by atoms with Crippen molar-refractivity contribution in [2.24, 2.45) is 0 Å². The third kappa shape index (κ3) is 2.86. The van der Waals surface area contributed by atoms with Crippen molar-refractivity contribution in [3.8, 4) is 0 Å². The van der Waals surface area contributed by atoms with Crippen molar-refractivity contribution in [2.75, 3.05) is 31.2 Å². The third-order valence-corrected chi connectivity index (χ3v) is 3.30. The molecule has 1 fully saturated rings. The first-order valence-corrected chi connectivity index (χ1v) is 6.23. The highest BCUT2D eigenvalue weighted by molar-refractivity contribution is 5.63. The van der Waals surface area contributed by atoms with E-state index < -0.39 is 0 Å². The lowest BCUT2D eigenvalue weighted by atomic mass is 9.98. The van der Waals surface area contributed by atoms with Crippen molar-refractivity contribution >= 4 is 12.0 Å². The smallest absolute Gasteiger partial charge is 0.127 e. The fraction of sp³-hybridized carbons (Fsp3) is 0.500. The molecule has 3 nitrogen and oxygen atoms in total. The summed E-state index contributed by atoms with van der Waals surface area (Å²) in [4.78, 5) is 13.2. The number of ether oxygens (including phenoxy) is 1. The molecule has 1 aromatic carbocycles. The summed E-state index contributed by atoms with van der Waals surface area (Å²) in [6.45, 7) is 5.53. The van der Waals surface area contributed by atoms with Crippen LogP contribution in [-0.2, 0) is 9.53 Å². The highest BCUT2D eigenvalue weighted by Gasteiger charge is 2.12. The Hall–Kier alpha value is -1.35. The highest BCUT2D eigenvalue weighted by atomic mass is 16.5. The van der Waals surface area contributed by atoms with Crippen LogP contribution in [0.3, 0.4) is 0 Å². The number of hydrogen-bond donors (Lipinski definition) is 0. The van der Waals surface area contributed by atoms with Crippen LogP contribution in [-0.4, -0.2) is 32.6 Å². The Kier molecular flexibility index (Phi) is 4.15. The molecule has 0 aliphatic carbocycles. The number of benzene rings is 1. The topological polar surface area (TPSA) is 29.5 Å². The number of aldehydes is 1. The second kappa shape index (κ2) is 5.82. The van der Waals surface area contributed by atoms with Crippen LogP contribution in [0.15, 0.2) is 24.3 Å². The molecule has 0 radical (unpaired) electrons. The number of carbonyl (C=O) groups is 1. The van der Waals surface area contributed by atoms with Gasteiger partial charge in [0.05, 0.1) is 13.2 Å². The molecule has 17 heavy (non-hydrogen) atoms. The SMILES string of the molecule is CCC(C=O)c1ccc(N2CCOCC2)cc1. The molecule has 1 aliphatic heterocycles. The molecule has 0 saturated carbocycles. The van der Waals surface area contributed by atoms with E-state index in [0.717, 1.165) is 44.6 Å². The second-order valence-electron chi connectivity index (χ2n) is 4.34. The third-order valence-electron chi connectivity index (χ3n) is 3.30. The van der Waals surface area contributed by atoms with Gasteiger partial charge in [-0.3, -0.25) is 0 Å². The number of nitrogens with zero attached hydrogens (tertiary/aromatic N) is 1. The van der Waals surface area contributed by atoms with Crippen molar-refractivity contribution in [2.45, 2.75) is 19.3 Å². The molecule has 1 aliphatic rings. The van der Waals surface area contributed by atoms with Gasteiger partial charge in [0.15, 0.2) is 0 Å². The van der Waals surface area contributed by atoms with Gasteiger partial charge in [-0.25, -0.2) is 0 Å². The van der Waals surface area contributed by atoms with E-state index in [1.54, 1.807) is 0 Å². The lowest BCUT2D eigenvalue weighted by molar-refractivity contribution is -0.109. The molecule has 0 spiro atoms. The predicted molar refractivity (Wildman–Crippen MR) is 68.6 cm³/mol. The van der Waals surface area contributed by atoms with Gasteiger partial charge >= 0.3 is 0 Å². The normalized spacial score (nSPS) is 17.8. The van der Waals surface area contributed by atoms with Gasteiger partial charge in [0, 0.05) is 24.7 Å². The summed E-state index contributed by atoms with van der Waals surface area (Å²) >= 11 is 0. The second-order valence-corrected chi connectivity index (χ2v) is 4.34. The zero-order chi connectivity index (χ0) is 12.1. The maximum atomic E-state index is 10.9. The fourth-order valence-electron chi connectivity index (χ4n) is 2.16. The molecular formula is C14H19NO2. The molecule has 1 unspecified atom stereocenters. The Morgan fingerprint density at radius 1 is 1.29 bits per heavy atom. The van der Waals surface area contributed by atoms with E-state index in [1.165, 1.54) is 5.69 Å². The van der Waals surface area contributed by atoms with E-state index in [4.69, 9.17) is 4.74 Å². The molecule has 92 valence electrons. The molecular weight excluding hydrogens is 214 g/mol. The average molecular weight is 233 g/mol. The van der Waals surface area contributed by atoms with E-state index in [2.05, 4.69) is 29.2 Å². The van der Waals surface area contributed by atoms with E-state index >= 15 is 0 Å². The maximum Gasteiger partial charge on any atom is 0.127 e. The first kappa shape index (κ1) is 12.1. The van der Waals surface area contributed by atoms with Gasteiger partial charge in [-0.2, -0.15) is 0 Å². The zero-order valence-corrected chi connectivity index (χ0v) is 10.3. The van der Waals surface area contributed by atoms with Gasteiger partial charge in [-0.05, 0) is 24.1 Å². The van der Waals surface area contributed by atoms with E-state index in [1.807, 2.05) is 6.92 Å². The lowest BCUT2D eigenvalue weighted by Gasteiger charge is -2.29. The van der Waals surface area contributed by atoms with Crippen LogP contribution >= 0.6 is 0 Å². The van der Waals surface area contributed by atoms with Crippen LogP contribution < -0.4 is 4.90 Å². The molecule has 1 heterocycles. The molecule has 3 heteroatoms. The highest BCUT2D eigenvalue weighted by Crippen LogP contribution is 2.22. The Labute approximate surface area is 102 Å². The summed E-state index contributed by atoms with van der Waals surface area (Å²) in [7, 11) is 0. The number of hydrogen-bond acceptors (Lipinski definition) is 3. The summed E-state index contributed by atoms with van der Waals surface area (Å²) in [6, 6.07) is 8.33. The molecule has 0 aromatic heterocycles. The Bertz CT molecular complexity index is 355. The standard InChI is InChI=1S/C14H19NO2/c1-2-12(11-16)13-3-5-14(6-4-13)15-7-9-17-10-8-15/h3-6,11-12H,2,7-10H2,1H3. The van der Waals surface area contributed by atoms with Crippen molar-refractivity contribution in [1.29, 1.82) is 0 Å². The quantitative estimate of drug-likeness (QED) is 0.747. The lowest BCUT2D eigenvalue weighted by Crippen LogP contribution is -2.36. The van der Waals surface area contributed by atoms with Crippen LogP contribution in [0.2, 0.25) is 0 Å². The van der Waals surface area contributed by atoms with Gasteiger partial charge in [-0.15, -0.1) is 0 Å². The Balaban J connectivity index is 2.08. The van der Waals surface area contributed by atoms with Gasteiger partial charge in [0.25, 0.3) is 0 Å². The fourth-order valence-corrected chi connectivity index (χ4v) is 2.16. The maximum absolute atomic E-state index is 10.9. The molecule has 0 N–H and O–H groups in total. The van der Waals surface area contributed by atoms with Crippen LogP contribution in [0.1, 0.15) is 24.8 Å². The summed E-state index contributed by atoms with van der Waals surface area (Å²) in [5.74, 6) is 0.0359. The van der Waals surface area contributed by atoms with Crippen molar-refractivity contribution in [1.82, 2.24) is 0 Å². The van der Waals surface area contributed by atoms with Gasteiger partial charge < -0.3 is 14.4 Å². The monoisotopic (exact) mass is 233 g/mol. The number of carbonyl (C=O) groups excluding carboxylic acids is 1. The van der Waals surface area contributed by atoms with Gasteiger partial charge in [0.2, 0.25) is 0 Å². The largest absolute Gasteiger partial charge is 0.378 e. The van der Waals surface area contributed by atoms with Crippen molar-refractivity contribution in [3.63, 3.8) is 0 Å². The first-order valence-electron chi connectivity index (χ1n) is 6.23. The van der Waals surface area contributed by atoms with E-state index in [-0.39, 0.29) is 5.92 Å². The van der Waals surface area contributed by atoms with Crippen LogP contribution in [0.25, 0.3) is 0 Å². The first-order chi connectivity index (χ1) is 8.35. The molecule has 0 bridgehead atoms. The average Bonchev–Trinajstić information content (AvgIpc) is 2.42. The van der Waals surface area contributed by atoms with Gasteiger partial charge in [-0.1, -0.05) is 19.1 Å². The summed E-state index contributed by atoms with van der Waals surface area (Å²) < 4.78 is 5.33. The van der Waals surface area contributed by atoms with Crippen LogP contribution in [0, 0.1) is 0 Å². The minimum Gasteiger partial charge on any atom is -0.378 e. The summed E-state index contributed by atoms with van der Waals surface area (Å²) in [6.07, 6.45) is 1.89. The van der Waals surface area contributed by atoms with E-state index in [9.17, 15) is 4.79 Å². The van der Waals surface area contributed by atoms with E-state index in [0.29, 0.717) is 0 Å². The van der Waals surface area contributed by atoms with Crippen molar-refractivity contribution in [3.05, 3.63) is 29.8 Å². The zero-order valence-electron chi connectivity index (χ0n) is 10.3. The Morgan fingerprint density at radius 3 is 2.47 bits per heavy atom. The number of morpholine rings is 1. The molecule has 2 rings (SSSR count). The number of rotatable bonds is 4. The number of anilines is 1. The molecule has 0 amide bonds. The molecule has 1 saturated heterocycles. The van der Waals surface area contributed by atoms with Crippen LogP contribution in [0.4, 0.5) is 5.69 Å². The summed E-state index contributed by atoms with van der Waals surface area (Å²) in [5, 5.41) is 0. The minimum absolute atomic E-state index is 0.0359. The van der Waals surface area contributed by atoms with Crippen LogP contribution in [0.5, 0.6) is 0 Å². The predicted octanol–water partition coefficient (Wildman–Crippen LogP) is 2.22.